The number of halogens is 3. The molecule has 2 aliphatic rings. The van der Waals surface area contributed by atoms with Crippen molar-refractivity contribution in [2.45, 2.75) is 26.1 Å². The number of nitrogens with zero attached hydrogens (tertiary/aromatic N) is 2. The minimum atomic E-state index is -4.26. The van der Waals surface area contributed by atoms with Gasteiger partial charge in [-0.3, -0.25) is 4.90 Å². The smallest absolute Gasteiger partial charge is 0.316 e. The van der Waals surface area contributed by atoms with Gasteiger partial charge in [0.15, 0.2) is 0 Å². The third-order valence-corrected chi connectivity index (χ3v) is 5.19. The summed E-state index contributed by atoms with van der Waals surface area (Å²) < 4.78 is 38.4. The number of piperazine rings is 1. The van der Waals surface area contributed by atoms with Crippen LogP contribution in [-0.2, 0) is 12.7 Å². The monoisotopic (exact) mass is 341 g/mol. The molecule has 3 rings (SSSR count). The second kappa shape index (κ2) is 7.02. The molecule has 6 heteroatoms. The first-order valence-corrected chi connectivity index (χ1v) is 8.66. The Morgan fingerprint density at radius 2 is 1.83 bits per heavy atom. The van der Waals surface area contributed by atoms with E-state index in [1.165, 1.54) is 18.6 Å². The molecule has 2 heterocycles. The summed E-state index contributed by atoms with van der Waals surface area (Å²) in [5, 5.41) is 3.43. The van der Waals surface area contributed by atoms with E-state index in [1.54, 1.807) is 6.07 Å². The highest BCUT2D eigenvalue weighted by atomic mass is 19.4. The molecule has 0 amide bonds. The Bertz CT molecular complexity index is 545. The maximum absolute atomic E-state index is 12.8. The molecule has 3 nitrogen and oxygen atoms in total. The molecule has 2 saturated heterocycles. The van der Waals surface area contributed by atoms with Crippen LogP contribution in [0.25, 0.3) is 0 Å². The molecule has 24 heavy (non-hydrogen) atoms. The van der Waals surface area contributed by atoms with E-state index in [0.717, 1.165) is 57.4 Å². The van der Waals surface area contributed by atoms with Crippen LogP contribution in [0, 0.1) is 5.41 Å². The molecule has 0 aromatic heterocycles. The fourth-order valence-electron chi connectivity index (χ4n) is 3.75. The van der Waals surface area contributed by atoms with Crippen molar-refractivity contribution in [2.75, 3.05) is 45.8 Å². The molecule has 0 radical (unpaired) electrons. The van der Waals surface area contributed by atoms with Gasteiger partial charge >= 0.3 is 6.18 Å². The summed E-state index contributed by atoms with van der Waals surface area (Å²) in [6.07, 6.45) is -3.04. The van der Waals surface area contributed by atoms with Crippen molar-refractivity contribution in [2.24, 2.45) is 5.41 Å². The zero-order valence-corrected chi connectivity index (χ0v) is 14.2. The first-order chi connectivity index (χ1) is 11.3. The van der Waals surface area contributed by atoms with E-state index in [9.17, 15) is 13.2 Å². The first-order valence-electron chi connectivity index (χ1n) is 8.66. The third kappa shape index (κ3) is 4.49. The molecule has 1 N–H and O–H groups in total. The van der Waals surface area contributed by atoms with Gasteiger partial charge < -0.3 is 10.2 Å². The van der Waals surface area contributed by atoms with Crippen molar-refractivity contribution in [1.82, 2.24) is 15.1 Å². The molecule has 134 valence electrons. The summed E-state index contributed by atoms with van der Waals surface area (Å²) in [4.78, 5) is 4.75. The van der Waals surface area contributed by atoms with E-state index in [4.69, 9.17) is 0 Å². The zero-order valence-electron chi connectivity index (χ0n) is 14.2. The number of alkyl halides is 3. The molecule has 2 aliphatic heterocycles. The Balaban J connectivity index is 1.50. The summed E-state index contributed by atoms with van der Waals surface area (Å²) in [6.45, 7) is 10.0. The Kier molecular flexibility index (Phi) is 5.18. The highest BCUT2D eigenvalue weighted by molar-refractivity contribution is 5.25. The molecule has 0 saturated carbocycles. The van der Waals surface area contributed by atoms with Crippen LogP contribution in [-0.4, -0.2) is 55.6 Å². The van der Waals surface area contributed by atoms with Gasteiger partial charge in [-0.1, -0.05) is 25.1 Å². The van der Waals surface area contributed by atoms with E-state index >= 15 is 0 Å². The van der Waals surface area contributed by atoms with Crippen LogP contribution < -0.4 is 5.32 Å². The lowest BCUT2D eigenvalue weighted by Crippen LogP contribution is -2.49. The molecule has 1 atom stereocenters. The number of hydrogen-bond donors (Lipinski definition) is 1. The lowest BCUT2D eigenvalue weighted by Gasteiger charge is -2.38. The fourth-order valence-corrected chi connectivity index (χ4v) is 3.75. The quantitative estimate of drug-likeness (QED) is 0.909. The van der Waals surface area contributed by atoms with Gasteiger partial charge in [0.25, 0.3) is 0 Å². The molecule has 0 bridgehead atoms. The first kappa shape index (κ1) is 17.7. The maximum Gasteiger partial charge on any atom is 0.416 e. The topological polar surface area (TPSA) is 18.5 Å². The minimum Gasteiger partial charge on any atom is -0.316 e. The van der Waals surface area contributed by atoms with Crippen molar-refractivity contribution in [3.8, 4) is 0 Å². The van der Waals surface area contributed by atoms with Crippen molar-refractivity contribution in [3.05, 3.63) is 35.4 Å². The van der Waals surface area contributed by atoms with Gasteiger partial charge in [-0.25, -0.2) is 0 Å². The lowest BCUT2D eigenvalue weighted by atomic mass is 9.89. The molecule has 0 spiro atoms. The average molecular weight is 341 g/mol. The van der Waals surface area contributed by atoms with E-state index in [1.807, 2.05) is 0 Å². The average Bonchev–Trinajstić information content (AvgIpc) is 2.95. The minimum absolute atomic E-state index is 0.364. The van der Waals surface area contributed by atoms with E-state index in [2.05, 4.69) is 22.0 Å². The van der Waals surface area contributed by atoms with E-state index in [0.29, 0.717) is 12.0 Å². The van der Waals surface area contributed by atoms with Crippen molar-refractivity contribution < 1.29 is 13.2 Å². The van der Waals surface area contributed by atoms with Crippen molar-refractivity contribution >= 4 is 0 Å². The lowest BCUT2D eigenvalue weighted by molar-refractivity contribution is -0.137. The van der Waals surface area contributed by atoms with Crippen molar-refractivity contribution in [1.29, 1.82) is 0 Å². The van der Waals surface area contributed by atoms with Gasteiger partial charge in [-0.05, 0) is 30.0 Å². The summed E-state index contributed by atoms with van der Waals surface area (Å²) in [7, 11) is 0. The largest absolute Gasteiger partial charge is 0.416 e. The normalized spacial score (nSPS) is 26.8. The Morgan fingerprint density at radius 1 is 1.12 bits per heavy atom. The zero-order chi connectivity index (χ0) is 17.2. The van der Waals surface area contributed by atoms with Crippen molar-refractivity contribution in [3.63, 3.8) is 0 Å². The number of hydrogen-bond acceptors (Lipinski definition) is 3. The van der Waals surface area contributed by atoms with E-state index < -0.39 is 11.7 Å². The van der Waals surface area contributed by atoms with Crippen LogP contribution in [0.4, 0.5) is 13.2 Å². The maximum atomic E-state index is 12.8. The summed E-state index contributed by atoms with van der Waals surface area (Å²) in [5.41, 5.74) is 0.550. The van der Waals surface area contributed by atoms with Gasteiger partial charge in [-0.15, -0.1) is 0 Å². The Morgan fingerprint density at radius 3 is 2.46 bits per heavy atom. The van der Waals surface area contributed by atoms with E-state index in [-0.39, 0.29) is 0 Å². The van der Waals surface area contributed by atoms with Crippen LogP contribution >= 0.6 is 0 Å². The Labute approximate surface area is 141 Å². The van der Waals surface area contributed by atoms with Gasteiger partial charge in [0.05, 0.1) is 5.56 Å². The molecule has 1 aromatic carbocycles. The van der Waals surface area contributed by atoms with Crippen LogP contribution in [0.5, 0.6) is 0 Å². The highest BCUT2D eigenvalue weighted by Crippen LogP contribution is 2.30. The van der Waals surface area contributed by atoms with Crippen LogP contribution in [0.15, 0.2) is 24.3 Å². The predicted octanol–water partition coefficient (Wildman–Crippen LogP) is 2.82. The molecule has 0 aliphatic carbocycles. The second-order valence-electron chi connectivity index (χ2n) is 7.49. The predicted molar refractivity (Wildman–Crippen MR) is 88.8 cm³/mol. The number of rotatable bonds is 4. The van der Waals surface area contributed by atoms with Crippen LogP contribution in [0.1, 0.15) is 24.5 Å². The standard InChI is InChI=1S/C18H26F3N3/c1-17(5-6-22-13-17)14-24-9-7-23(8-10-24)12-15-3-2-4-16(11-15)18(19,20)21/h2-4,11,22H,5-10,12-14H2,1H3. The molecule has 1 aromatic rings. The second-order valence-corrected chi connectivity index (χ2v) is 7.49. The van der Waals surface area contributed by atoms with Gasteiger partial charge in [-0.2, -0.15) is 13.2 Å². The highest BCUT2D eigenvalue weighted by Gasteiger charge is 2.32. The SMILES string of the molecule is CC1(CN2CCN(Cc3cccc(C(F)(F)F)c3)CC2)CCNC1. The fraction of sp³-hybridized carbons (Fsp3) is 0.667. The van der Waals surface area contributed by atoms with Crippen LogP contribution in [0.2, 0.25) is 0 Å². The summed E-state index contributed by atoms with van der Waals surface area (Å²) in [5.74, 6) is 0. The summed E-state index contributed by atoms with van der Waals surface area (Å²) in [6, 6.07) is 5.70. The van der Waals surface area contributed by atoms with Gasteiger partial charge in [0.2, 0.25) is 0 Å². The third-order valence-electron chi connectivity index (χ3n) is 5.19. The van der Waals surface area contributed by atoms with Gasteiger partial charge in [0.1, 0.15) is 0 Å². The molecular formula is C18H26F3N3. The Hall–Kier alpha value is -1.11. The molecule has 2 fully saturated rings. The number of benzene rings is 1. The molecular weight excluding hydrogens is 315 g/mol. The number of nitrogens with one attached hydrogen (secondary N) is 1. The van der Waals surface area contributed by atoms with Crippen LogP contribution in [0.3, 0.4) is 0 Å². The summed E-state index contributed by atoms with van der Waals surface area (Å²) >= 11 is 0. The van der Waals surface area contributed by atoms with Gasteiger partial charge in [0, 0.05) is 45.8 Å². The molecule has 1 unspecified atom stereocenters.